The van der Waals surface area contributed by atoms with Gasteiger partial charge in [-0.05, 0) is 66.2 Å². The number of alkyl carbamates (subject to hydrolysis) is 2. The lowest BCUT2D eigenvalue weighted by molar-refractivity contribution is -0.121. The number of unbranched alkanes of at least 4 members (excludes halogenated alkanes) is 1. The molecule has 2 unspecified atom stereocenters. The lowest BCUT2D eigenvalue weighted by Crippen LogP contribution is -2.48. The fraction of sp³-hybridized carbons (Fsp3) is 0.724. The van der Waals surface area contributed by atoms with Gasteiger partial charge in [0.15, 0.2) is 0 Å². The van der Waals surface area contributed by atoms with Gasteiger partial charge in [0.2, 0.25) is 22.1 Å². The molecule has 0 aliphatic heterocycles. The molecule has 0 aliphatic carbocycles. The van der Waals surface area contributed by atoms with Gasteiger partial charge in [-0.15, -0.1) is 20.4 Å². The molecule has 0 bridgehead atoms. The van der Waals surface area contributed by atoms with Gasteiger partial charge in [-0.3, -0.25) is 14.9 Å². The van der Waals surface area contributed by atoms with E-state index in [-0.39, 0.29) is 24.3 Å². The van der Waals surface area contributed by atoms with Gasteiger partial charge in [-0.25, -0.2) is 9.59 Å². The zero-order valence-corrected chi connectivity index (χ0v) is 29.5. The first-order chi connectivity index (χ1) is 20.8. The number of aromatic nitrogens is 4. The summed E-state index contributed by atoms with van der Waals surface area (Å²) in [4.78, 5) is 49.9. The molecule has 2 aromatic rings. The van der Waals surface area contributed by atoms with Crippen LogP contribution in [0.2, 0.25) is 0 Å². The summed E-state index contributed by atoms with van der Waals surface area (Å²) in [5.74, 6) is -1.30. The number of carbonyl (C=O) groups is 4. The summed E-state index contributed by atoms with van der Waals surface area (Å²) in [6, 6.07) is -0.793. The van der Waals surface area contributed by atoms with Gasteiger partial charge in [-0.1, -0.05) is 50.4 Å². The van der Waals surface area contributed by atoms with Gasteiger partial charge < -0.3 is 25.4 Å². The normalized spacial score (nSPS) is 13.2. The van der Waals surface area contributed by atoms with Gasteiger partial charge in [0.1, 0.15) is 27.3 Å². The average Bonchev–Trinajstić information content (AvgIpc) is 3.51. The number of nitrogens with one attached hydrogen (secondary N) is 4. The largest absolute Gasteiger partial charge is 0.444 e. The molecule has 252 valence electrons. The number of rotatable bonds is 14. The van der Waals surface area contributed by atoms with E-state index in [4.69, 9.17) is 9.47 Å². The second-order valence-electron chi connectivity index (χ2n) is 13.3. The molecule has 14 nitrogen and oxygen atoms in total. The molecule has 0 saturated heterocycles. The maximum Gasteiger partial charge on any atom is 0.408 e. The van der Waals surface area contributed by atoms with E-state index in [2.05, 4.69) is 41.7 Å². The molecule has 0 radical (unpaired) electrons. The number of nitrogens with zero attached hydrogens (tertiary/aromatic N) is 4. The topological polar surface area (TPSA) is 186 Å². The molecule has 4 amide bonds. The Morgan fingerprint density at radius 2 is 1.16 bits per heavy atom. The van der Waals surface area contributed by atoms with Crippen LogP contribution in [0.25, 0.3) is 0 Å². The first-order valence-electron chi connectivity index (χ1n) is 15.1. The lowest BCUT2D eigenvalue weighted by atomic mass is 9.95. The number of hydrogen-bond donors (Lipinski definition) is 4. The van der Waals surface area contributed by atoms with Crippen molar-refractivity contribution in [1.29, 1.82) is 0 Å². The standard InChI is InChI=1S/C29H48N8O6S2/c1-16(2)18(15-30-26(40)42-28(5,6)7)22(38)32-24-36-34-19(44-24)13-11-12-14-20-35-37-25(45-20)33-23(39)21(17(3)4)31-27(41)43-29(8,9)10/h16-18,21H,11-15H2,1-10H3,(H,30,40)(H,31,41)(H,32,36,38)(H,33,37,39). The highest BCUT2D eigenvalue weighted by atomic mass is 32.1. The Kier molecular flexibility index (Phi) is 14.1. The summed E-state index contributed by atoms with van der Waals surface area (Å²) in [7, 11) is 0. The van der Waals surface area contributed by atoms with Crippen molar-refractivity contribution < 1.29 is 28.7 Å². The van der Waals surface area contributed by atoms with Gasteiger partial charge >= 0.3 is 12.2 Å². The number of aryl methyl sites for hydroxylation is 2. The predicted octanol–water partition coefficient (Wildman–Crippen LogP) is 5.18. The van der Waals surface area contributed by atoms with E-state index in [1.807, 2.05) is 27.7 Å². The van der Waals surface area contributed by atoms with Crippen molar-refractivity contribution in [2.75, 3.05) is 17.2 Å². The van der Waals surface area contributed by atoms with Crippen LogP contribution in [0.5, 0.6) is 0 Å². The van der Waals surface area contributed by atoms with E-state index in [0.29, 0.717) is 23.1 Å². The molecule has 0 aliphatic rings. The van der Waals surface area contributed by atoms with Crippen LogP contribution in [0.15, 0.2) is 0 Å². The van der Waals surface area contributed by atoms with Gasteiger partial charge in [0.25, 0.3) is 0 Å². The Hall–Kier alpha value is -3.40. The second-order valence-corrected chi connectivity index (χ2v) is 15.4. The molecule has 0 saturated carbocycles. The Labute approximate surface area is 273 Å². The molecule has 0 spiro atoms. The van der Waals surface area contributed by atoms with E-state index in [1.165, 1.54) is 22.7 Å². The van der Waals surface area contributed by atoms with Gasteiger partial charge in [0.05, 0.1) is 5.92 Å². The van der Waals surface area contributed by atoms with Crippen molar-refractivity contribution >= 4 is 56.9 Å². The number of amides is 4. The zero-order chi connectivity index (χ0) is 33.9. The number of hydrogen-bond acceptors (Lipinski definition) is 12. The highest BCUT2D eigenvalue weighted by Gasteiger charge is 2.28. The third kappa shape index (κ3) is 14.5. The highest BCUT2D eigenvalue weighted by molar-refractivity contribution is 7.15. The highest BCUT2D eigenvalue weighted by Crippen LogP contribution is 2.22. The van der Waals surface area contributed by atoms with Crippen LogP contribution in [0.1, 0.15) is 92.1 Å². The zero-order valence-electron chi connectivity index (χ0n) is 27.9. The number of carbonyl (C=O) groups excluding carboxylic acids is 4. The van der Waals surface area contributed by atoms with Crippen LogP contribution in [0.4, 0.5) is 19.9 Å². The van der Waals surface area contributed by atoms with Crippen LogP contribution in [-0.4, -0.2) is 68.2 Å². The van der Waals surface area contributed by atoms with E-state index >= 15 is 0 Å². The van der Waals surface area contributed by atoms with Gasteiger partial charge in [-0.2, -0.15) is 0 Å². The Morgan fingerprint density at radius 3 is 1.60 bits per heavy atom. The summed E-state index contributed by atoms with van der Waals surface area (Å²) >= 11 is 2.60. The Bertz CT molecular complexity index is 1280. The quantitative estimate of drug-likeness (QED) is 0.196. The van der Waals surface area contributed by atoms with Crippen molar-refractivity contribution in [3.05, 3.63) is 10.0 Å². The summed E-state index contributed by atoms with van der Waals surface area (Å²) < 4.78 is 10.5. The SMILES string of the molecule is CC(C)C(CNC(=O)OC(C)(C)C)C(=O)Nc1nnc(CCCCc2nnc(NC(=O)C(NC(=O)OC(C)(C)C)C(C)C)s2)s1. The minimum Gasteiger partial charge on any atom is -0.444 e. The minimum atomic E-state index is -0.793. The van der Waals surface area contributed by atoms with Crippen molar-refractivity contribution in [3.63, 3.8) is 0 Å². The molecule has 2 aromatic heterocycles. The third-order valence-corrected chi connectivity index (χ3v) is 7.85. The number of anilines is 2. The van der Waals surface area contributed by atoms with Crippen LogP contribution in [0, 0.1) is 17.8 Å². The molecule has 0 aromatic carbocycles. The molecular formula is C29H48N8O6S2. The average molecular weight is 669 g/mol. The molecule has 2 atom stereocenters. The van der Waals surface area contributed by atoms with Crippen molar-refractivity contribution in [2.24, 2.45) is 17.8 Å². The van der Waals surface area contributed by atoms with Crippen LogP contribution in [0.3, 0.4) is 0 Å². The van der Waals surface area contributed by atoms with Crippen LogP contribution < -0.4 is 21.3 Å². The predicted molar refractivity (Wildman–Crippen MR) is 174 cm³/mol. The summed E-state index contributed by atoms with van der Waals surface area (Å²) in [5.41, 5.74) is -1.30. The molecule has 45 heavy (non-hydrogen) atoms. The summed E-state index contributed by atoms with van der Waals surface area (Å²) in [5, 5.41) is 29.7. The molecule has 2 heterocycles. The first kappa shape index (κ1) is 37.8. The summed E-state index contributed by atoms with van der Waals surface area (Å²) in [6.07, 6.45) is 1.74. The molecule has 0 fully saturated rings. The molecular weight excluding hydrogens is 621 g/mol. The first-order valence-corrected chi connectivity index (χ1v) is 16.7. The van der Waals surface area contributed by atoms with Crippen molar-refractivity contribution in [3.8, 4) is 0 Å². The maximum atomic E-state index is 12.9. The van der Waals surface area contributed by atoms with E-state index in [0.717, 1.165) is 22.9 Å². The maximum absolute atomic E-state index is 12.9. The van der Waals surface area contributed by atoms with E-state index < -0.39 is 41.3 Å². The monoisotopic (exact) mass is 668 g/mol. The Balaban J connectivity index is 1.80. The molecule has 2 rings (SSSR count). The Morgan fingerprint density at radius 1 is 0.689 bits per heavy atom. The third-order valence-electron chi connectivity index (χ3n) is 6.05. The fourth-order valence-electron chi connectivity index (χ4n) is 3.85. The summed E-state index contributed by atoms with van der Waals surface area (Å²) in [6.45, 7) is 18.2. The van der Waals surface area contributed by atoms with Crippen LogP contribution in [-0.2, 0) is 31.9 Å². The number of ether oxygens (including phenoxy) is 2. The lowest BCUT2D eigenvalue weighted by Gasteiger charge is -2.24. The van der Waals surface area contributed by atoms with Crippen LogP contribution >= 0.6 is 22.7 Å². The fourth-order valence-corrected chi connectivity index (χ4v) is 5.42. The van der Waals surface area contributed by atoms with E-state index in [9.17, 15) is 19.2 Å². The smallest absolute Gasteiger partial charge is 0.408 e. The van der Waals surface area contributed by atoms with E-state index in [1.54, 1.807) is 41.5 Å². The van der Waals surface area contributed by atoms with Crippen molar-refractivity contribution in [2.45, 2.75) is 112 Å². The molecule has 4 N–H and O–H groups in total. The minimum absolute atomic E-state index is 0.0213. The second kappa shape index (κ2) is 16.8. The van der Waals surface area contributed by atoms with Gasteiger partial charge in [0, 0.05) is 19.4 Å². The van der Waals surface area contributed by atoms with Crippen molar-refractivity contribution in [1.82, 2.24) is 31.0 Å². The molecule has 16 heteroatoms.